The van der Waals surface area contributed by atoms with Crippen molar-refractivity contribution in [1.29, 1.82) is 0 Å². The summed E-state index contributed by atoms with van der Waals surface area (Å²) in [5.74, 6) is -0.154. The average Bonchev–Trinajstić information content (AvgIpc) is 2.33. The van der Waals surface area contributed by atoms with Crippen LogP contribution in [0.4, 0.5) is 4.39 Å². The molecule has 1 aromatic rings. The minimum Gasteiger partial charge on any atom is -0.314 e. The summed E-state index contributed by atoms with van der Waals surface area (Å²) < 4.78 is 12.8. The van der Waals surface area contributed by atoms with E-state index in [1.165, 1.54) is 5.56 Å². The number of halogens is 1. The van der Waals surface area contributed by atoms with Crippen molar-refractivity contribution in [2.75, 3.05) is 26.2 Å². The summed E-state index contributed by atoms with van der Waals surface area (Å²) in [5.41, 5.74) is 1.22. The number of hydrogen-bond acceptors (Lipinski definition) is 2. The van der Waals surface area contributed by atoms with Crippen LogP contribution in [-0.2, 0) is 6.42 Å². The fraction of sp³-hybridized carbons (Fsp3) is 0.538. The molecule has 1 N–H and O–H groups in total. The van der Waals surface area contributed by atoms with E-state index in [2.05, 4.69) is 17.1 Å². The van der Waals surface area contributed by atoms with Crippen LogP contribution in [0, 0.1) is 5.82 Å². The van der Waals surface area contributed by atoms with E-state index in [1.807, 2.05) is 12.1 Å². The fourth-order valence-electron chi connectivity index (χ4n) is 2.21. The smallest absolute Gasteiger partial charge is 0.123 e. The highest BCUT2D eigenvalue weighted by Crippen LogP contribution is 2.10. The molecule has 16 heavy (non-hydrogen) atoms. The molecule has 0 amide bonds. The van der Waals surface area contributed by atoms with Crippen molar-refractivity contribution in [3.8, 4) is 0 Å². The van der Waals surface area contributed by atoms with Gasteiger partial charge in [-0.2, -0.15) is 0 Å². The molecule has 1 saturated heterocycles. The third kappa shape index (κ3) is 3.03. The molecule has 0 spiro atoms. The minimum atomic E-state index is -0.154. The molecule has 1 fully saturated rings. The van der Waals surface area contributed by atoms with E-state index >= 15 is 0 Å². The molecule has 3 heteroatoms. The summed E-state index contributed by atoms with van der Waals surface area (Å²) in [4.78, 5) is 2.49. The van der Waals surface area contributed by atoms with Crippen LogP contribution in [0.15, 0.2) is 24.3 Å². The topological polar surface area (TPSA) is 15.3 Å². The molecule has 0 aliphatic carbocycles. The van der Waals surface area contributed by atoms with Crippen molar-refractivity contribution >= 4 is 0 Å². The molecular weight excluding hydrogens is 203 g/mol. The number of nitrogens with one attached hydrogen (secondary N) is 1. The predicted octanol–water partition coefficient (Wildman–Crippen LogP) is 1.66. The first-order chi connectivity index (χ1) is 7.75. The van der Waals surface area contributed by atoms with E-state index in [-0.39, 0.29) is 5.82 Å². The van der Waals surface area contributed by atoms with Gasteiger partial charge in [0.1, 0.15) is 5.82 Å². The van der Waals surface area contributed by atoms with Crippen LogP contribution in [0.2, 0.25) is 0 Å². The minimum absolute atomic E-state index is 0.154. The standard InChI is InChI=1S/C13H19FN2/c1-11(16-8-6-15-7-9-16)10-12-2-4-13(14)5-3-12/h2-5,11,15H,6-10H2,1H3. The zero-order valence-electron chi connectivity index (χ0n) is 9.75. The number of nitrogens with zero attached hydrogens (tertiary/aromatic N) is 1. The summed E-state index contributed by atoms with van der Waals surface area (Å²) in [6.45, 7) is 6.63. The summed E-state index contributed by atoms with van der Waals surface area (Å²) in [6.07, 6.45) is 1.00. The van der Waals surface area contributed by atoms with E-state index in [1.54, 1.807) is 12.1 Å². The maximum absolute atomic E-state index is 12.8. The van der Waals surface area contributed by atoms with Crippen molar-refractivity contribution in [2.24, 2.45) is 0 Å². The Morgan fingerprint density at radius 1 is 1.25 bits per heavy atom. The van der Waals surface area contributed by atoms with Gasteiger partial charge in [0.05, 0.1) is 0 Å². The van der Waals surface area contributed by atoms with Crippen molar-refractivity contribution in [2.45, 2.75) is 19.4 Å². The SMILES string of the molecule is CC(Cc1ccc(F)cc1)N1CCNCC1. The lowest BCUT2D eigenvalue weighted by molar-refractivity contribution is 0.183. The van der Waals surface area contributed by atoms with Crippen LogP contribution < -0.4 is 5.32 Å². The van der Waals surface area contributed by atoms with Crippen LogP contribution >= 0.6 is 0 Å². The van der Waals surface area contributed by atoms with Gasteiger partial charge in [-0.1, -0.05) is 12.1 Å². The lowest BCUT2D eigenvalue weighted by Gasteiger charge is -2.32. The van der Waals surface area contributed by atoms with Gasteiger partial charge in [0.25, 0.3) is 0 Å². The normalized spacial score (nSPS) is 19.6. The van der Waals surface area contributed by atoms with Gasteiger partial charge in [-0.25, -0.2) is 4.39 Å². The van der Waals surface area contributed by atoms with E-state index < -0.39 is 0 Å². The summed E-state index contributed by atoms with van der Waals surface area (Å²) >= 11 is 0. The highest BCUT2D eigenvalue weighted by molar-refractivity contribution is 5.17. The summed E-state index contributed by atoms with van der Waals surface area (Å²) in [7, 11) is 0. The number of benzene rings is 1. The molecule has 1 aliphatic heterocycles. The van der Waals surface area contributed by atoms with Gasteiger partial charge in [0.2, 0.25) is 0 Å². The number of rotatable bonds is 3. The van der Waals surface area contributed by atoms with E-state index in [0.717, 1.165) is 32.6 Å². The fourth-order valence-corrected chi connectivity index (χ4v) is 2.21. The van der Waals surface area contributed by atoms with Crippen molar-refractivity contribution in [3.63, 3.8) is 0 Å². The van der Waals surface area contributed by atoms with Gasteiger partial charge in [-0.15, -0.1) is 0 Å². The largest absolute Gasteiger partial charge is 0.314 e. The van der Waals surface area contributed by atoms with Crippen LogP contribution in [-0.4, -0.2) is 37.1 Å². The van der Waals surface area contributed by atoms with E-state index in [9.17, 15) is 4.39 Å². The van der Waals surface area contributed by atoms with Gasteiger partial charge >= 0.3 is 0 Å². The Bertz CT molecular complexity index is 317. The van der Waals surface area contributed by atoms with Gasteiger partial charge in [0.15, 0.2) is 0 Å². The Kier molecular flexibility index (Phi) is 3.91. The Morgan fingerprint density at radius 2 is 1.88 bits per heavy atom. The molecule has 1 unspecified atom stereocenters. The predicted molar refractivity (Wildman–Crippen MR) is 64.0 cm³/mol. The molecule has 1 aromatic carbocycles. The summed E-state index contributed by atoms with van der Waals surface area (Å²) in [6, 6.07) is 7.38. The van der Waals surface area contributed by atoms with Crippen LogP contribution in [0.25, 0.3) is 0 Å². The third-order valence-electron chi connectivity index (χ3n) is 3.22. The molecule has 0 aromatic heterocycles. The van der Waals surface area contributed by atoms with E-state index in [0.29, 0.717) is 6.04 Å². The third-order valence-corrected chi connectivity index (χ3v) is 3.22. The molecule has 2 nitrogen and oxygen atoms in total. The van der Waals surface area contributed by atoms with E-state index in [4.69, 9.17) is 0 Å². The maximum Gasteiger partial charge on any atom is 0.123 e. The zero-order chi connectivity index (χ0) is 11.4. The molecule has 0 bridgehead atoms. The van der Waals surface area contributed by atoms with Crippen LogP contribution in [0.1, 0.15) is 12.5 Å². The van der Waals surface area contributed by atoms with Crippen LogP contribution in [0.5, 0.6) is 0 Å². The Hall–Kier alpha value is -0.930. The lowest BCUT2D eigenvalue weighted by Crippen LogP contribution is -2.48. The quantitative estimate of drug-likeness (QED) is 0.836. The van der Waals surface area contributed by atoms with Gasteiger partial charge in [-0.3, -0.25) is 4.90 Å². The van der Waals surface area contributed by atoms with Crippen molar-refractivity contribution in [1.82, 2.24) is 10.2 Å². The van der Waals surface area contributed by atoms with Gasteiger partial charge in [0, 0.05) is 32.2 Å². The first-order valence-electron chi connectivity index (χ1n) is 5.95. The number of piperazine rings is 1. The first kappa shape index (κ1) is 11.6. The Labute approximate surface area is 96.5 Å². The zero-order valence-corrected chi connectivity index (χ0v) is 9.75. The second kappa shape index (κ2) is 5.41. The first-order valence-corrected chi connectivity index (χ1v) is 5.95. The Balaban J connectivity index is 1.90. The highest BCUT2D eigenvalue weighted by Gasteiger charge is 2.16. The number of hydrogen-bond donors (Lipinski definition) is 1. The monoisotopic (exact) mass is 222 g/mol. The van der Waals surface area contributed by atoms with Gasteiger partial charge in [-0.05, 0) is 31.0 Å². The van der Waals surface area contributed by atoms with Crippen molar-refractivity contribution < 1.29 is 4.39 Å². The molecule has 2 rings (SSSR count). The van der Waals surface area contributed by atoms with Crippen molar-refractivity contribution in [3.05, 3.63) is 35.6 Å². The molecule has 88 valence electrons. The molecule has 0 radical (unpaired) electrons. The second-order valence-corrected chi connectivity index (χ2v) is 4.47. The van der Waals surface area contributed by atoms with Gasteiger partial charge < -0.3 is 5.32 Å². The highest BCUT2D eigenvalue weighted by atomic mass is 19.1. The molecule has 1 atom stereocenters. The average molecular weight is 222 g/mol. The molecule has 1 aliphatic rings. The molecular formula is C13H19FN2. The lowest BCUT2D eigenvalue weighted by atomic mass is 10.1. The van der Waals surface area contributed by atoms with Crippen LogP contribution in [0.3, 0.4) is 0 Å². The molecule has 1 heterocycles. The Morgan fingerprint density at radius 3 is 2.50 bits per heavy atom. The molecule has 0 saturated carbocycles. The maximum atomic E-state index is 12.8. The second-order valence-electron chi connectivity index (χ2n) is 4.47. The summed E-state index contributed by atoms with van der Waals surface area (Å²) in [5, 5.41) is 3.35.